The number of fused-ring (bicyclic) bond motifs is 2. The van der Waals surface area contributed by atoms with E-state index >= 15 is 0 Å². The molecule has 2 aromatic heterocycles. The van der Waals surface area contributed by atoms with Gasteiger partial charge in [-0.2, -0.15) is 0 Å². The Morgan fingerprint density at radius 2 is 2.00 bits per heavy atom. The maximum atomic E-state index is 6.31. The highest BCUT2D eigenvalue weighted by molar-refractivity contribution is 6.30. The summed E-state index contributed by atoms with van der Waals surface area (Å²) < 4.78 is 2.42. The molecule has 0 fully saturated rings. The first-order valence-electron chi connectivity index (χ1n) is 10.0. The Balaban J connectivity index is 0.00000240. The number of aryl methyl sites for hydroxylation is 1. The van der Waals surface area contributed by atoms with E-state index in [1.807, 2.05) is 12.3 Å². The van der Waals surface area contributed by atoms with Gasteiger partial charge in [-0.05, 0) is 75.9 Å². The van der Waals surface area contributed by atoms with Crippen LogP contribution in [-0.4, -0.2) is 16.1 Å². The van der Waals surface area contributed by atoms with Gasteiger partial charge in [-0.1, -0.05) is 29.3 Å². The first-order valence-corrected chi connectivity index (χ1v) is 10.4. The van der Waals surface area contributed by atoms with Gasteiger partial charge < -0.3 is 9.47 Å². The number of aromatic nitrogens is 2. The molecule has 3 aromatic rings. The van der Waals surface area contributed by atoms with Crippen molar-refractivity contribution in [1.82, 2.24) is 9.55 Å². The lowest BCUT2D eigenvalue weighted by molar-refractivity contribution is 0.617. The summed E-state index contributed by atoms with van der Waals surface area (Å²) in [4.78, 5) is 7.31. The van der Waals surface area contributed by atoms with Crippen LogP contribution in [0.2, 0.25) is 5.02 Å². The molecule has 29 heavy (non-hydrogen) atoms. The van der Waals surface area contributed by atoms with Crippen LogP contribution in [0.25, 0.3) is 10.9 Å². The lowest BCUT2D eigenvalue weighted by Crippen LogP contribution is -2.35. The number of pyridine rings is 1. The fraction of sp³-hybridized carbons (Fsp3) is 0.375. The van der Waals surface area contributed by atoms with Crippen LogP contribution in [-0.2, 0) is 13.0 Å². The van der Waals surface area contributed by atoms with E-state index in [0.717, 1.165) is 30.4 Å². The Bertz CT molecular complexity index is 1080. The van der Waals surface area contributed by atoms with Gasteiger partial charge in [0.1, 0.15) is 0 Å². The van der Waals surface area contributed by atoms with Crippen molar-refractivity contribution in [2.45, 2.75) is 53.6 Å². The van der Waals surface area contributed by atoms with E-state index in [2.05, 4.69) is 68.4 Å². The number of halogens is 2. The Morgan fingerprint density at radius 1 is 1.24 bits per heavy atom. The number of benzene rings is 1. The van der Waals surface area contributed by atoms with E-state index in [1.165, 1.54) is 38.9 Å². The molecule has 0 bridgehead atoms. The normalized spacial score (nSPS) is 15.8. The van der Waals surface area contributed by atoms with Crippen LogP contribution in [0.1, 0.15) is 49.2 Å². The molecule has 154 valence electrons. The van der Waals surface area contributed by atoms with E-state index in [1.54, 1.807) is 0 Å². The fourth-order valence-corrected chi connectivity index (χ4v) is 4.54. The average molecular weight is 430 g/mol. The van der Waals surface area contributed by atoms with Gasteiger partial charge in [0.2, 0.25) is 0 Å². The Morgan fingerprint density at radius 3 is 2.72 bits per heavy atom. The second-order valence-electron chi connectivity index (χ2n) is 8.10. The molecule has 1 unspecified atom stereocenters. The van der Waals surface area contributed by atoms with Gasteiger partial charge >= 0.3 is 0 Å². The molecule has 0 amide bonds. The molecule has 0 radical (unpaired) electrons. The Hall–Kier alpha value is -1.97. The summed E-state index contributed by atoms with van der Waals surface area (Å²) in [5.41, 5.74) is 7.94. The third kappa shape index (κ3) is 3.78. The van der Waals surface area contributed by atoms with Crippen molar-refractivity contribution in [3.8, 4) is 0 Å². The van der Waals surface area contributed by atoms with Crippen LogP contribution >= 0.6 is 24.0 Å². The van der Waals surface area contributed by atoms with Crippen LogP contribution < -0.4 is 4.90 Å². The van der Waals surface area contributed by atoms with Gasteiger partial charge in [-0.15, -0.1) is 12.4 Å². The average Bonchev–Trinajstić information content (AvgIpc) is 2.92. The Kier molecular flexibility index (Phi) is 6.30. The van der Waals surface area contributed by atoms with E-state index < -0.39 is 0 Å². The summed E-state index contributed by atoms with van der Waals surface area (Å²) in [5, 5.41) is 2.10. The molecular formula is C24H29Cl2N3. The largest absolute Gasteiger partial charge is 0.348 e. The summed E-state index contributed by atoms with van der Waals surface area (Å²) in [5.74, 6) is 1.08. The van der Waals surface area contributed by atoms with Gasteiger partial charge in [-0.25, -0.2) is 4.98 Å². The number of anilines is 1. The molecule has 0 spiro atoms. The highest BCUT2D eigenvalue weighted by Gasteiger charge is 2.28. The van der Waals surface area contributed by atoms with Crippen LogP contribution in [0.5, 0.6) is 0 Å². The standard InChI is InChI=1S/C24H28ClN3.ClH/c1-15(2)9-12-27-17(4)16(3)21-8-11-26-24(23(21)27)28-13-10-19-6-7-20(25)14-22(19)18(28)5;/h6-9,11,14,18H,10,12-13H2,1-5H3;1H. The minimum Gasteiger partial charge on any atom is -0.348 e. The molecule has 0 saturated carbocycles. The maximum absolute atomic E-state index is 6.31. The Labute approximate surface area is 184 Å². The second kappa shape index (κ2) is 8.41. The molecule has 1 aromatic carbocycles. The number of nitrogens with zero attached hydrogens (tertiary/aromatic N) is 3. The van der Waals surface area contributed by atoms with Crippen molar-refractivity contribution in [2.75, 3.05) is 11.4 Å². The zero-order chi connectivity index (χ0) is 20.0. The monoisotopic (exact) mass is 429 g/mol. The molecule has 0 aliphatic carbocycles. The highest BCUT2D eigenvalue weighted by atomic mass is 35.5. The van der Waals surface area contributed by atoms with E-state index in [4.69, 9.17) is 16.6 Å². The molecular weight excluding hydrogens is 401 g/mol. The van der Waals surface area contributed by atoms with Gasteiger partial charge in [0.05, 0.1) is 11.6 Å². The number of hydrogen-bond acceptors (Lipinski definition) is 2. The SMILES string of the molecule is CC(C)=CCn1c(C)c(C)c2ccnc(N3CCc4ccc(Cl)cc4C3C)c21.Cl. The number of hydrogen-bond donors (Lipinski definition) is 0. The van der Waals surface area contributed by atoms with Crippen molar-refractivity contribution >= 4 is 40.7 Å². The minimum absolute atomic E-state index is 0. The zero-order valence-corrected chi connectivity index (χ0v) is 19.4. The first kappa shape index (κ1) is 21.7. The first-order chi connectivity index (χ1) is 13.4. The van der Waals surface area contributed by atoms with Gasteiger partial charge in [-0.3, -0.25) is 0 Å². The van der Waals surface area contributed by atoms with Crippen molar-refractivity contribution in [1.29, 1.82) is 0 Å². The van der Waals surface area contributed by atoms with E-state index in [0.29, 0.717) is 0 Å². The van der Waals surface area contributed by atoms with Crippen LogP contribution in [0.3, 0.4) is 0 Å². The maximum Gasteiger partial charge on any atom is 0.153 e. The third-order valence-electron chi connectivity index (χ3n) is 6.13. The number of allylic oxidation sites excluding steroid dienone is 2. The van der Waals surface area contributed by atoms with E-state index in [-0.39, 0.29) is 18.4 Å². The quantitative estimate of drug-likeness (QED) is 0.425. The summed E-state index contributed by atoms with van der Waals surface area (Å²) >= 11 is 6.31. The van der Waals surface area contributed by atoms with Crippen molar-refractivity contribution in [2.24, 2.45) is 0 Å². The minimum atomic E-state index is 0. The summed E-state index contributed by atoms with van der Waals surface area (Å²) in [6, 6.07) is 8.68. The van der Waals surface area contributed by atoms with Gasteiger partial charge in [0.15, 0.2) is 5.82 Å². The van der Waals surface area contributed by atoms with E-state index in [9.17, 15) is 0 Å². The summed E-state index contributed by atoms with van der Waals surface area (Å²) in [6.45, 7) is 12.8. The molecule has 5 heteroatoms. The van der Waals surface area contributed by atoms with Crippen LogP contribution in [0.4, 0.5) is 5.82 Å². The highest BCUT2D eigenvalue weighted by Crippen LogP contribution is 2.38. The summed E-state index contributed by atoms with van der Waals surface area (Å²) in [7, 11) is 0. The third-order valence-corrected chi connectivity index (χ3v) is 6.36. The van der Waals surface area contributed by atoms with Crippen molar-refractivity contribution in [3.63, 3.8) is 0 Å². The summed E-state index contributed by atoms with van der Waals surface area (Å²) in [6.07, 6.45) is 5.26. The lowest BCUT2D eigenvalue weighted by Gasteiger charge is -2.36. The molecule has 3 nitrogen and oxygen atoms in total. The molecule has 1 aliphatic heterocycles. The molecule has 3 heterocycles. The zero-order valence-electron chi connectivity index (χ0n) is 17.8. The van der Waals surface area contributed by atoms with Gasteiger partial charge in [0, 0.05) is 35.4 Å². The molecule has 1 aliphatic rings. The van der Waals surface area contributed by atoms with Crippen LogP contribution in [0.15, 0.2) is 42.1 Å². The van der Waals surface area contributed by atoms with Crippen molar-refractivity contribution in [3.05, 3.63) is 69.5 Å². The second-order valence-corrected chi connectivity index (χ2v) is 8.53. The predicted octanol–water partition coefficient (Wildman–Crippen LogP) is 6.82. The molecule has 0 N–H and O–H groups in total. The molecule has 1 atom stereocenters. The molecule has 0 saturated heterocycles. The van der Waals surface area contributed by atoms with Crippen molar-refractivity contribution < 1.29 is 0 Å². The smallest absolute Gasteiger partial charge is 0.153 e. The molecule has 4 rings (SSSR count). The fourth-order valence-electron chi connectivity index (χ4n) is 4.36. The van der Waals surface area contributed by atoms with Crippen LogP contribution in [0, 0.1) is 13.8 Å². The number of rotatable bonds is 3. The van der Waals surface area contributed by atoms with Gasteiger partial charge in [0.25, 0.3) is 0 Å². The predicted molar refractivity (Wildman–Crippen MR) is 127 cm³/mol. The topological polar surface area (TPSA) is 21.1 Å². The lowest BCUT2D eigenvalue weighted by atomic mass is 9.93.